The normalized spacial score (nSPS) is 43.8. The summed E-state index contributed by atoms with van der Waals surface area (Å²) in [7, 11) is 0. The highest BCUT2D eigenvalue weighted by atomic mass is 16.6. The van der Waals surface area contributed by atoms with Crippen LogP contribution in [0.3, 0.4) is 0 Å². The highest BCUT2D eigenvalue weighted by Crippen LogP contribution is 2.82. The Labute approximate surface area is 179 Å². The lowest BCUT2D eigenvalue weighted by Crippen LogP contribution is -2.63. The van der Waals surface area contributed by atoms with Gasteiger partial charge in [-0.25, -0.2) is 0 Å². The molecule has 166 valence electrons. The van der Waals surface area contributed by atoms with E-state index in [0.717, 1.165) is 31.1 Å². The van der Waals surface area contributed by atoms with Crippen LogP contribution in [0.1, 0.15) is 53.4 Å². The number of nitrogens with zero attached hydrogens (tertiary/aromatic N) is 1. The Bertz CT molecular complexity index is 776. The third-order valence-electron chi connectivity index (χ3n) is 8.88. The van der Waals surface area contributed by atoms with Crippen molar-refractivity contribution in [1.29, 1.82) is 0 Å². The van der Waals surface area contributed by atoms with Gasteiger partial charge in [0.15, 0.2) is 0 Å². The molecule has 3 unspecified atom stereocenters. The third-order valence-corrected chi connectivity index (χ3v) is 8.88. The van der Waals surface area contributed by atoms with Crippen molar-refractivity contribution in [3.05, 3.63) is 11.6 Å². The fraction of sp³-hybridized carbons (Fsp3) is 0.792. The summed E-state index contributed by atoms with van der Waals surface area (Å²) >= 11 is 0. The lowest BCUT2D eigenvalue weighted by Gasteiger charge is -2.57. The summed E-state index contributed by atoms with van der Waals surface area (Å²) in [5.74, 6) is 0.179. The van der Waals surface area contributed by atoms with E-state index in [9.17, 15) is 14.7 Å². The first-order valence-electron chi connectivity index (χ1n) is 11.5. The molecule has 0 heterocycles. The van der Waals surface area contributed by atoms with Gasteiger partial charge in [-0.05, 0) is 55.8 Å². The van der Waals surface area contributed by atoms with Gasteiger partial charge in [-0.1, -0.05) is 44.0 Å². The van der Waals surface area contributed by atoms with Gasteiger partial charge in [-0.2, -0.15) is 0 Å². The van der Waals surface area contributed by atoms with E-state index in [1.54, 1.807) is 6.21 Å². The van der Waals surface area contributed by atoms with Crippen molar-refractivity contribution in [2.45, 2.75) is 53.4 Å². The van der Waals surface area contributed by atoms with Crippen molar-refractivity contribution in [3.8, 4) is 0 Å². The molecule has 0 aromatic heterocycles. The van der Waals surface area contributed by atoms with Crippen LogP contribution in [0.25, 0.3) is 0 Å². The molecule has 0 aromatic rings. The molecule has 0 spiro atoms. The molecule has 4 aliphatic carbocycles. The molecule has 4 aliphatic rings. The van der Waals surface area contributed by atoms with Crippen LogP contribution in [0, 0.1) is 45.8 Å². The number of allylic oxidation sites excluding steroid dienone is 1. The summed E-state index contributed by atoms with van der Waals surface area (Å²) in [4.78, 5) is 31.5. The van der Waals surface area contributed by atoms with Gasteiger partial charge in [0.2, 0.25) is 0 Å². The van der Waals surface area contributed by atoms with Crippen LogP contribution in [-0.4, -0.2) is 43.4 Å². The molecule has 0 aromatic carbocycles. The molecule has 0 radical (unpaired) electrons. The lowest BCUT2D eigenvalue weighted by atomic mass is 9.43. The Kier molecular flexibility index (Phi) is 5.36. The van der Waals surface area contributed by atoms with Gasteiger partial charge in [-0.15, -0.1) is 0 Å². The molecule has 3 fully saturated rings. The molecule has 6 nitrogen and oxygen atoms in total. The summed E-state index contributed by atoms with van der Waals surface area (Å²) in [6, 6.07) is 0. The average Bonchev–Trinajstić information content (AvgIpc) is 3.27. The van der Waals surface area contributed by atoms with Gasteiger partial charge in [0.25, 0.3) is 0 Å². The standard InChI is InChI=1S/C24H35NO5/c1-5-29-8-9-30-25-13-22-12-18-16(4)6-7-19(18)23(14-26)11-17(22)10-20(15(2)3)24(22,23)21(27)28/h10,13-19H,5-9,11-12H2,1-4H3,(H,27,28)/b25-13+/t16-,17?,18-,19-,22?,23?,24-/m1/s1. The van der Waals surface area contributed by atoms with Crippen LogP contribution in [0.5, 0.6) is 0 Å². The predicted octanol–water partition coefficient (Wildman–Crippen LogP) is 3.95. The molecule has 30 heavy (non-hydrogen) atoms. The van der Waals surface area contributed by atoms with Crippen molar-refractivity contribution in [2.24, 2.45) is 51.0 Å². The van der Waals surface area contributed by atoms with E-state index in [-0.39, 0.29) is 17.8 Å². The molecule has 0 saturated heterocycles. The number of carboxylic acids is 1. The number of carbonyl (C=O) groups excluding carboxylic acids is 1. The van der Waals surface area contributed by atoms with Crippen LogP contribution < -0.4 is 0 Å². The van der Waals surface area contributed by atoms with Crippen molar-refractivity contribution in [3.63, 3.8) is 0 Å². The fourth-order valence-corrected chi connectivity index (χ4v) is 7.91. The van der Waals surface area contributed by atoms with Crippen molar-refractivity contribution in [2.75, 3.05) is 19.8 Å². The van der Waals surface area contributed by atoms with E-state index in [1.165, 1.54) is 0 Å². The number of aliphatic carboxylic acids is 1. The first-order valence-corrected chi connectivity index (χ1v) is 11.5. The van der Waals surface area contributed by atoms with E-state index >= 15 is 0 Å². The van der Waals surface area contributed by atoms with E-state index in [4.69, 9.17) is 9.57 Å². The first-order chi connectivity index (χ1) is 14.3. The van der Waals surface area contributed by atoms with Crippen LogP contribution in [-0.2, 0) is 19.2 Å². The maximum atomic E-state index is 13.2. The second-order valence-corrected chi connectivity index (χ2v) is 10.1. The Morgan fingerprint density at radius 1 is 1.30 bits per heavy atom. The number of hydrogen-bond donors (Lipinski definition) is 1. The summed E-state index contributed by atoms with van der Waals surface area (Å²) in [6.07, 6.45) is 8.34. The van der Waals surface area contributed by atoms with E-state index < -0.39 is 22.2 Å². The van der Waals surface area contributed by atoms with E-state index in [2.05, 4.69) is 18.2 Å². The van der Waals surface area contributed by atoms with Crippen LogP contribution in [0.4, 0.5) is 0 Å². The third kappa shape index (κ3) is 2.43. The molecule has 1 N–H and O–H groups in total. The zero-order valence-electron chi connectivity index (χ0n) is 18.6. The number of aldehydes is 1. The minimum Gasteiger partial charge on any atom is -0.481 e. The van der Waals surface area contributed by atoms with Gasteiger partial charge in [0, 0.05) is 12.0 Å². The van der Waals surface area contributed by atoms with Gasteiger partial charge in [0.05, 0.1) is 18.2 Å². The largest absolute Gasteiger partial charge is 0.481 e. The number of ether oxygens (including phenoxy) is 1. The minimum atomic E-state index is -1.22. The molecule has 4 rings (SSSR count). The fourth-order valence-electron chi connectivity index (χ4n) is 7.91. The number of fused-ring (bicyclic) bond motifs is 2. The number of rotatable bonds is 9. The summed E-state index contributed by atoms with van der Waals surface area (Å²) in [5.41, 5.74) is -1.87. The SMILES string of the molecule is CCOCCO/N=C/C12C[C@@H]3[C@H](C)CC[C@H]3C3(C=O)CC1C=C(C(C)C)[C@@]23C(=O)O. The Balaban J connectivity index is 1.82. The van der Waals surface area contributed by atoms with Gasteiger partial charge < -0.3 is 19.5 Å². The molecule has 4 bridgehead atoms. The summed E-state index contributed by atoms with van der Waals surface area (Å²) < 4.78 is 5.30. The zero-order valence-corrected chi connectivity index (χ0v) is 18.6. The number of carbonyl (C=O) groups is 2. The van der Waals surface area contributed by atoms with Gasteiger partial charge >= 0.3 is 5.97 Å². The maximum absolute atomic E-state index is 13.2. The van der Waals surface area contributed by atoms with Crippen LogP contribution in [0.15, 0.2) is 16.8 Å². The van der Waals surface area contributed by atoms with Crippen molar-refractivity contribution >= 4 is 18.5 Å². The number of hydrogen-bond acceptors (Lipinski definition) is 5. The first kappa shape index (κ1) is 21.5. The zero-order chi connectivity index (χ0) is 21.7. The Hall–Kier alpha value is -1.69. The monoisotopic (exact) mass is 417 g/mol. The van der Waals surface area contributed by atoms with Gasteiger partial charge in [-0.3, -0.25) is 4.79 Å². The summed E-state index contributed by atoms with van der Waals surface area (Å²) in [6.45, 7) is 9.66. The van der Waals surface area contributed by atoms with Crippen LogP contribution in [0.2, 0.25) is 0 Å². The molecular weight excluding hydrogens is 382 g/mol. The van der Waals surface area contributed by atoms with E-state index in [0.29, 0.717) is 38.1 Å². The molecule has 3 saturated carbocycles. The minimum absolute atomic E-state index is 0.00763. The smallest absolute Gasteiger partial charge is 0.315 e. The second-order valence-electron chi connectivity index (χ2n) is 10.1. The van der Waals surface area contributed by atoms with Crippen molar-refractivity contribution in [1.82, 2.24) is 0 Å². The number of oxime groups is 1. The van der Waals surface area contributed by atoms with E-state index in [1.807, 2.05) is 20.8 Å². The Morgan fingerprint density at radius 3 is 2.70 bits per heavy atom. The molecule has 0 aliphatic heterocycles. The maximum Gasteiger partial charge on any atom is 0.315 e. The highest BCUT2D eigenvalue weighted by molar-refractivity contribution is 5.96. The molecular formula is C24H35NO5. The van der Waals surface area contributed by atoms with Crippen LogP contribution >= 0.6 is 0 Å². The quantitative estimate of drug-likeness (QED) is 0.202. The predicted molar refractivity (Wildman–Crippen MR) is 113 cm³/mol. The van der Waals surface area contributed by atoms with Gasteiger partial charge in [0.1, 0.15) is 18.3 Å². The highest BCUT2D eigenvalue weighted by Gasteiger charge is 2.84. The molecule has 6 heteroatoms. The topological polar surface area (TPSA) is 85.2 Å². The Morgan fingerprint density at radius 2 is 2.07 bits per heavy atom. The number of carboxylic acid groups (broad SMARTS) is 1. The molecule has 0 amide bonds. The lowest BCUT2D eigenvalue weighted by molar-refractivity contribution is -0.173. The summed E-state index contributed by atoms with van der Waals surface area (Å²) in [5, 5.41) is 15.1. The van der Waals surface area contributed by atoms with Crippen molar-refractivity contribution < 1.29 is 24.3 Å². The second kappa shape index (κ2) is 7.47. The average molecular weight is 418 g/mol. The molecule has 7 atom stereocenters.